The van der Waals surface area contributed by atoms with Crippen LogP contribution in [0.3, 0.4) is 0 Å². The normalized spacial score (nSPS) is 12.3. The summed E-state index contributed by atoms with van der Waals surface area (Å²) in [6.07, 6.45) is -1.20. The number of aryl methyl sites for hydroxylation is 3. The molecular formula is C20H23FN2O5S. The summed E-state index contributed by atoms with van der Waals surface area (Å²) in [5.41, 5.74) is 1.95. The van der Waals surface area contributed by atoms with Gasteiger partial charge < -0.3 is 10.1 Å². The van der Waals surface area contributed by atoms with Gasteiger partial charge in [0.05, 0.1) is 4.90 Å². The summed E-state index contributed by atoms with van der Waals surface area (Å²) in [5, 5.41) is 2.43. The van der Waals surface area contributed by atoms with Crippen LogP contribution in [0.15, 0.2) is 41.3 Å². The molecule has 0 radical (unpaired) electrons. The molecule has 9 heteroatoms. The van der Waals surface area contributed by atoms with Crippen molar-refractivity contribution in [1.29, 1.82) is 0 Å². The minimum absolute atomic E-state index is 0.0671. The summed E-state index contributed by atoms with van der Waals surface area (Å²) in [7, 11) is -3.92. The van der Waals surface area contributed by atoms with E-state index in [-0.39, 0.29) is 10.6 Å². The van der Waals surface area contributed by atoms with Gasteiger partial charge in [0.1, 0.15) is 12.4 Å². The zero-order chi connectivity index (χ0) is 21.8. The smallest absolute Gasteiger partial charge is 0.321 e. The number of benzene rings is 2. The van der Waals surface area contributed by atoms with E-state index >= 15 is 0 Å². The Kier molecular flexibility index (Phi) is 7.10. The van der Waals surface area contributed by atoms with Gasteiger partial charge in [0, 0.05) is 5.69 Å². The van der Waals surface area contributed by atoms with Gasteiger partial charge in [0.25, 0.3) is 5.91 Å². The molecule has 2 N–H and O–H groups in total. The van der Waals surface area contributed by atoms with Crippen molar-refractivity contribution in [2.24, 2.45) is 0 Å². The molecule has 0 bridgehead atoms. The maximum Gasteiger partial charge on any atom is 0.321 e. The average Bonchev–Trinajstić information content (AvgIpc) is 2.65. The number of esters is 1. The first-order valence-corrected chi connectivity index (χ1v) is 10.3. The standard InChI is InChI=1S/C20H23FN2O5S/c1-12-5-6-14(3)18(9-12)29(26,27)22-11-19(24)28-15(4)20(25)23-16-8-7-13(2)17(21)10-16/h5-10,15,22H,11H2,1-4H3,(H,23,25)/t15-/m0/s1. The van der Waals surface area contributed by atoms with Gasteiger partial charge in [-0.2, -0.15) is 4.72 Å². The summed E-state index contributed by atoms with van der Waals surface area (Å²) in [4.78, 5) is 24.1. The molecule has 0 aliphatic heterocycles. The Labute approximate surface area is 169 Å². The predicted octanol–water partition coefficient (Wildman–Crippen LogP) is 2.60. The highest BCUT2D eigenvalue weighted by molar-refractivity contribution is 7.89. The number of halogens is 1. The van der Waals surface area contributed by atoms with Crippen LogP contribution in [0.5, 0.6) is 0 Å². The van der Waals surface area contributed by atoms with Crippen molar-refractivity contribution < 1.29 is 27.1 Å². The fraction of sp³-hybridized carbons (Fsp3) is 0.300. The molecule has 2 aromatic carbocycles. The van der Waals surface area contributed by atoms with Crippen molar-refractivity contribution in [3.8, 4) is 0 Å². The number of ether oxygens (including phenoxy) is 1. The first-order valence-electron chi connectivity index (χ1n) is 8.83. The number of nitrogens with one attached hydrogen (secondary N) is 2. The van der Waals surface area contributed by atoms with Crippen LogP contribution >= 0.6 is 0 Å². The molecule has 0 aliphatic rings. The molecule has 2 rings (SSSR count). The molecule has 0 spiro atoms. The molecule has 1 atom stereocenters. The van der Waals surface area contributed by atoms with E-state index in [1.165, 1.54) is 25.1 Å². The Balaban J connectivity index is 1.93. The lowest BCUT2D eigenvalue weighted by atomic mass is 10.2. The average molecular weight is 422 g/mol. The van der Waals surface area contributed by atoms with Crippen molar-refractivity contribution in [1.82, 2.24) is 4.72 Å². The molecule has 0 aliphatic carbocycles. The van der Waals surface area contributed by atoms with Gasteiger partial charge in [-0.3, -0.25) is 9.59 Å². The quantitative estimate of drug-likeness (QED) is 0.668. The molecule has 29 heavy (non-hydrogen) atoms. The second-order valence-corrected chi connectivity index (χ2v) is 8.41. The minimum atomic E-state index is -3.92. The van der Waals surface area contributed by atoms with Crippen LogP contribution in [0, 0.1) is 26.6 Å². The van der Waals surface area contributed by atoms with E-state index < -0.39 is 40.4 Å². The Morgan fingerprint density at radius 2 is 1.72 bits per heavy atom. The third-order valence-electron chi connectivity index (χ3n) is 4.16. The van der Waals surface area contributed by atoms with Gasteiger partial charge in [-0.1, -0.05) is 18.2 Å². The highest BCUT2D eigenvalue weighted by Crippen LogP contribution is 2.17. The van der Waals surface area contributed by atoms with Crippen LogP contribution in [-0.2, 0) is 24.3 Å². The number of sulfonamides is 1. The van der Waals surface area contributed by atoms with Gasteiger partial charge in [-0.15, -0.1) is 0 Å². The summed E-state index contributed by atoms with van der Waals surface area (Å²) in [6, 6.07) is 9.12. The number of anilines is 1. The molecule has 156 valence electrons. The van der Waals surface area contributed by atoms with E-state index in [2.05, 4.69) is 10.0 Å². The molecule has 0 heterocycles. The van der Waals surface area contributed by atoms with Gasteiger partial charge in [-0.05, 0) is 62.6 Å². The molecule has 0 unspecified atom stereocenters. The topological polar surface area (TPSA) is 102 Å². The zero-order valence-corrected chi connectivity index (χ0v) is 17.4. The Morgan fingerprint density at radius 3 is 2.38 bits per heavy atom. The lowest BCUT2D eigenvalue weighted by Gasteiger charge is -2.14. The Bertz CT molecular complexity index is 1040. The van der Waals surface area contributed by atoms with Crippen molar-refractivity contribution in [2.75, 3.05) is 11.9 Å². The lowest BCUT2D eigenvalue weighted by molar-refractivity contribution is -0.151. The molecule has 0 aromatic heterocycles. The van der Waals surface area contributed by atoms with Crippen molar-refractivity contribution in [3.63, 3.8) is 0 Å². The minimum Gasteiger partial charge on any atom is -0.452 e. The fourth-order valence-corrected chi connectivity index (χ4v) is 3.73. The molecule has 1 amide bonds. The van der Waals surface area contributed by atoms with Gasteiger partial charge >= 0.3 is 5.97 Å². The van der Waals surface area contributed by atoms with Gasteiger partial charge in [-0.25, -0.2) is 12.8 Å². The van der Waals surface area contributed by atoms with Crippen molar-refractivity contribution in [2.45, 2.75) is 38.7 Å². The molecule has 0 fully saturated rings. The van der Waals surface area contributed by atoms with E-state index in [0.717, 1.165) is 11.6 Å². The van der Waals surface area contributed by atoms with E-state index in [0.29, 0.717) is 11.1 Å². The number of hydrogen-bond donors (Lipinski definition) is 2. The summed E-state index contributed by atoms with van der Waals surface area (Å²) in [5.74, 6) is -2.07. The third-order valence-corrected chi connectivity index (χ3v) is 5.70. The Morgan fingerprint density at radius 1 is 1.07 bits per heavy atom. The summed E-state index contributed by atoms with van der Waals surface area (Å²) >= 11 is 0. The number of carbonyl (C=O) groups excluding carboxylic acids is 2. The first-order chi connectivity index (χ1) is 13.5. The van der Waals surface area contributed by atoms with Crippen LogP contribution in [-0.4, -0.2) is 32.9 Å². The van der Waals surface area contributed by atoms with Crippen LogP contribution in [0.4, 0.5) is 10.1 Å². The summed E-state index contributed by atoms with van der Waals surface area (Å²) in [6.45, 7) is 5.69. The lowest BCUT2D eigenvalue weighted by Crippen LogP contribution is -2.36. The number of rotatable bonds is 7. The number of amides is 1. The maximum atomic E-state index is 13.5. The monoisotopic (exact) mass is 422 g/mol. The van der Waals surface area contributed by atoms with E-state index in [1.807, 2.05) is 0 Å². The van der Waals surface area contributed by atoms with Crippen LogP contribution in [0.2, 0.25) is 0 Å². The predicted molar refractivity (Wildman–Crippen MR) is 106 cm³/mol. The van der Waals surface area contributed by atoms with E-state index in [4.69, 9.17) is 4.74 Å². The van der Waals surface area contributed by atoms with Crippen molar-refractivity contribution >= 4 is 27.6 Å². The van der Waals surface area contributed by atoms with E-state index in [1.54, 1.807) is 32.9 Å². The van der Waals surface area contributed by atoms with Crippen LogP contribution in [0.1, 0.15) is 23.6 Å². The van der Waals surface area contributed by atoms with Gasteiger partial charge in [0.2, 0.25) is 10.0 Å². The number of carbonyl (C=O) groups is 2. The third kappa shape index (κ3) is 6.10. The molecular weight excluding hydrogens is 399 g/mol. The van der Waals surface area contributed by atoms with E-state index in [9.17, 15) is 22.4 Å². The van der Waals surface area contributed by atoms with Crippen LogP contribution < -0.4 is 10.0 Å². The molecule has 0 saturated heterocycles. The molecule has 0 saturated carbocycles. The molecule has 7 nitrogen and oxygen atoms in total. The Hall–Kier alpha value is -2.78. The summed E-state index contributed by atoms with van der Waals surface area (Å²) < 4.78 is 45.5. The van der Waals surface area contributed by atoms with Crippen molar-refractivity contribution in [3.05, 3.63) is 58.9 Å². The zero-order valence-electron chi connectivity index (χ0n) is 16.6. The second kappa shape index (κ2) is 9.15. The second-order valence-electron chi connectivity index (χ2n) is 6.68. The first kappa shape index (κ1) is 22.5. The highest BCUT2D eigenvalue weighted by Gasteiger charge is 2.22. The largest absolute Gasteiger partial charge is 0.452 e. The molecule has 2 aromatic rings. The SMILES string of the molecule is Cc1ccc(C)c(S(=O)(=O)NCC(=O)O[C@@H](C)C(=O)Nc2ccc(C)c(F)c2)c1. The maximum absolute atomic E-state index is 13.5. The number of hydrogen-bond acceptors (Lipinski definition) is 5. The fourth-order valence-electron chi connectivity index (χ4n) is 2.44. The van der Waals surface area contributed by atoms with Gasteiger partial charge in [0.15, 0.2) is 6.10 Å². The van der Waals surface area contributed by atoms with Crippen LogP contribution in [0.25, 0.3) is 0 Å². The highest BCUT2D eigenvalue weighted by atomic mass is 32.2.